The molecule has 2 rings (SSSR count). The third kappa shape index (κ3) is 3.28. The van der Waals surface area contributed by atoms with E-state index in [2.05, 4.69) is 17.1 Å². The lowest BCUT2D eigenvalue weighted by atomic mass is 10.0. The van der Waals surface area contributed by atoms with Crippen molar-refractivity contribution in [2.45, 2.75) is 32.7 Å². The molecule has 1 amide bonds. The highest BCUT2D eigenvalue weighted by Crippen LogP contribution is 2.18. The Morgan fingerprint density at radius 3 is 2.65 bits per heavy atom. The number of anilines is 1. The van der Waals surface area contributed by atoms with Crippen LogP contribution in [-0.2, 0) is 0 Å². The molecule has 1 aromatic rings. The Kier molecular flexibility index (Phi) is 4.60. The average molecular weight is 279 g/mol. The highest BCUT2D eigenvalue weighted by molar-refractivity contribution is 5.95. The van der Waals surface area contributed by atoms with E-state index in [1.54, 1.807) is 6.92 Å². The van der Waals surface area contributed by atoms with Crippen molar-refractivity contribution in [3.63, 3.8) is 0 Å². The fourth-order valence-electron chi connectivity index (χ4n) is 2.49. The molecule has 20 heavy (non-hydrogen) atoms. The van der Waals surface area contributed by atoms with Crippen LogP contribution in [0, 0.1) is 12.7 Å². The minimum Gasteiger partial charge on any atom is -0.398 e. The third-order valence-corrected chi connectivity index (χ3v) is 4.02. The zero-order chi connectivity index (χ0) is 14.7. The SMILES string of the molecule is CCN1CCC(NC(=O)c2cc(N)c(C)c(F)c2)CC1. The largest absolute Gasteiger partial charge is 0.398 e. The number of hydrogen-bond donors (Lipinski definition) is 2. The minimum atomic E-state index is -0.434. The van der Waals surface area contributed by atoms with Gasteiger partial charge >= 0.3 is 0 Å². The van der Waals surface area contributed by atoms with Gasteiger partial charge in [-0.2, -0.15) is 0 Å². The summed E-state index contributed by atoms with van der Waals surface area (Å²) in [5.74, 6) is -0.679. The number of nitrogens with two attached hydrogens (primary N) is 1. The van der Waals surface area contributed by atoms with E-state index in [4.69, 9.17) is 5.73 Å². The van der Waals surface area contributed by atoms with Crippen molar-refractivity contribution < 1.29 is 9.18 Å². The summed E-state index contributed by atoms with van der Waals surface area (Å²) in [5, 5.41) is 2.97. The molecule has 0 bridgehead atoms. The predicted octanol–water partition coefficient (Wildman–Crippen LogP) is 1.93. The van der Waals surface area contributed by atoms with Gasteiger partial charge in [0.25, 0.3) is 5.91 Å². The number of carbonyl (C=O) groups is 1. The molecule has 0 unspecified atom stereocenters. The number of benzene rings is 1. The van der Waals surface area contributed by atoms with E-state index in [-0.39, 0.29) is 11.9 Å². The molecule has 0 aliphatic carbocycles. The molecule has 0 aromatic heterocycles. The molecule has 0 radical (unpaired) electrons. The van der Waals surface area contributed by atoms with Crippen LogP contribution in [0.3, 0.4) is 0 Å². The summed E-state index contributed by atoms with van der Waals surface area (Å²) in [4.78, 5) is 14.5. The number of hydrogen-bond acceptors (Lipinski definition) is 3. The Balaban J connectivity index is 1.99. The number of rotatable bonds is 3. The summed E-state index contributed by atoms with van der Waals surface area (Å²) >= 11 is 0. The first kappa shape index (κ1) is 14.8. The zero-order valence-electron chi connectivity index (χ0n) is 12.1. The van der Waals surface area contributed by atoms with Crippen molar-refractivity contribution in [1.29, 1.82) is 0 Å². The maximum absolute atomic E-state index is 13.6. The summed E-state index contributed by atoms with van der Waals surface area (Å²) in [6, 6.07) is 2.95. The second-order valence-corrected chi connectivity index (χ2v) is 5.35. The van der Waals surface area contributed by atoms with E-state index < -0.39 is 5.82 Å². The lowest BCUT2D eigenvalue weighted by molar-refractivity contribution is 0.0912. The summed E-state index contributed by atoms with van der Waals surface area (Å²) in [7, 11) is 0. The van der Waals surface area contributed by atoms with Gasteiger partial charge in [-0.15, -0.1) is 0 Å². The van der Waals surface area contributed by atoms with Crippen LogP contribution in [0.5, 0.6) is 0 Å². The summed E-state index contributed by atoms with van der Waals surface area (Å²) in [6.07, 6.45) is 1.87. The Labute approximate surface area is 119 Å². The highest BCUT2D eigenvalue weighted by atomic mass is 19.1. The fraction of sp³-hybridized carbons (Fsp3) is 0.533. The van der Waals surface area contributed by atoms with Crippen LogP contribution < -0.4 is 11.1 Å². The molecule has 0 saturated carbocycles. The van der Waals surface area contributed by atoms with Gasteiger partial charge in [-0.1, -0.05) is 6.92 Å². The molecule has 110 valence electrons. The lowest BCUT2D eigenvalue weighted by Gasteiger charge is -2.31. The van der Waals surface area contributed by atoms with Crippen molar-refractivity contribution in [1.82, 2.24) is 10.2 Å². The van der Waals surface area contributed by atoms with Gasteiger partial charge in [0, 0.05) is 35.9 Å². The maximum atomic E-state index is 13.6. The van der Waals surface area contributed by atoms with Crippen molar-refractivity contribution in [3.8, 4) is 0 Å². The van der Waals surface area contributed by atoms with Crippen molar-refractivity contribution in [2.24, 2.45) is 0 Å². The van der Waals surface area contributed by atoms with Crippen LogP contribution in [0.2, 0.25) is 0 Å². The van der Waals surface area contributed by atoms with Gasteiger partial charge in [-0.05, 0) is 38.4 Å². The quantitative estimate of drug-likeness (QED) is 0.831. The minimum absolute atomic E-state index is 0.163. The molecule has 1 heterocycles. The molecule has 1 saturated heterocycles. The van der Waals surface area contributed by atoms with Gasteiger partial charge in [0.15, 0.2) is 0 Å². The summed E-state index contributed by atoms with van der Waals surface area (Å²) < 4.78 is 13.6. The standard InChI is InChI=1S/C15H22FN3O/c1-3-19-6-4-12(5-7-19)18-15(20)11-8-13(16)10(2)14(17)9-11/h8-9,12H,3-7,17H2,1-2H3,(H,18,20). The maximum Gasteiger partial charge on any atom is 0.251 e. The monoisotopic (exact) mass is 279 g/mol. The number of nitrogen functional groups attached to an aromatic ring is 1. The highest BCUT2D eigenvalue weighted by Gasteiger charge is 2.20. The molecule has 5 heteroatoms. The fourth-order valence-corrected chi connectivity index (χ4v) is 2.49. The van der Waals surface area contributed by atoms with E-state index in [9.17, 15) is 9.18 Å². The van der Waals surface area contributed by atoms with Crippen molar-refractivity contribution in [3.05, 3.63) is 29.1 Å². The van der Waals surface area contributed by atoms with E-state index in [1.165, 1.54) is 12.1 Å². The molecule has 1 aliphatic rings. The van der Waals surface area contributed by atoms with E-state index in [1.807, 2.05) is 0 Å². The smallest absolute Gasteiger partial charge is 0.251 e. The molecule has 3 N–H and O–H groups in total. The van der Waals surface area contributed by atoms with Crippen LogP contribution in [0.25, 0.3) is 0 Å². The first-order chi connectivity index (χ1) is 9.51. The zero-order valence-corrected chi connectivity index (χ0v) is 12.1. The Morgan fingerprint density at radius 2 is 2.10 bits per heavy atom. The van der Waals surface area contributed by atoms with Crippen LogP contribution in [0.15, 0.2) is 12.1 Å². The first-order valence-corrected chi connectivity index (χ1v) is 7.10. The lowest BCUT2D eigenvalue weighted by Crippen LogP contribution is -2.44. The molecule has 4 nitrogen and oxygen atoms in total. The number of carbonyl (C=O) groups excluding carboxylic acids is 1. The van der Waals surface area contributed by atoms with E-state index in [0.29, 0.717) is 16.8 Å². The van der Waals surface area contributed by atoms with Crippen LogP contribution >= 0.6 is 0 Å². The topological polar surface area (TPSA) is 58.4 Å². The third-order valence-electron chi connectivity index (χ3n) is 4.02. The van der Waals surface area contributed by atoms with Gasteiger partial charge in [0.2, 0.25) is 0 Å². The molecule has 0 atom stereocenters. The van der Waals surface area contributed by atoms with Gasteiger partial charge in [0.05, 0.1) is 0 Å². The van der Waals surface area contributed by atoms with E-state index in [0.717, 1.165) is 32.5 Å². The molecular weight excluding hydrogens is 257 g/mol. The van der Waals surface area contributed by atoms with Gasteiger partial charge in [0.1, 0.15) is 5.82 Å². The second-order valence-electron chi connectivity index (χ2n) is 5.35. The van der Waals surface area contributed by atoms with Gasteiger partial charge in [-0.25, -0.2) is 4.39 Å². The molecule has 1 aromatic carbocycles. The first-order valence-electron chi connectivity index (χ1n) is 7.10. The normalized spacial score (nSPS) is 17.1. The Bertz CT molecular complexity index is 473. The molecule has 1 fully saturated rings. The number of nitrogens with one attached hydrogen (secondary N) is 1. The van der Waals surface area contributed by atoms with E-state index >= 15 is 0 Å². The number of likely N-dealkylation sites (tertiary alicyclic amines) is 1. The summed E-state index contributed by atoms with van der Waals surface area (Å²) in [5.41, 5.74) is 6.70. The van der Waals surface area contributed by atoms with Crippen molar-refractivity contribution >= 4 is 11.6 Å². The second kappa shape index (κ2) is 6.22. The number of nitrogens with zero attached hydrogens (tertiary/aromatic N) is 1. The number of amides is 1. The number of piperidine rings is 1. The van der Waals surface area contributed by atoms with Crippen LogP contribution in [0.1, 0.15) is 35.7 Å². The number of halogens is 1. The van der Waals surface area contributed by atoms with Crippen LogP contribution in [0.4, 0.5) is 10.1 Å². The summed E-state index contributed by atoms with van der Waals surface area (Å²) in [6.45, 7) is 6.77. The van der Waals surface area contributed by atoms with Gasteiger partial charge in [-0.3, -0.25) is 4.79 Å². The Morgan fingerprint density at radius 1 is 1.45 bits per heavy atom. The predicted molar refractivity (Wildman–Crippen MR) is 78.2 cm³/mol. The molecule has 0 spiro atoms. The average Bonchev–Trinajstić information content (AvgIpc) is 2.45. The van der Waals surface area contributed by atoms with Gasteiger partial charge < -0.3 is 16.0 Å². The van der Waals surface area contributed by atoms with Crippen molar-refractivity contribution in [2.75, 3.05) is 25.4 Å². The molecular formula is C15H22FN3O. The molecule has 1 aliphatic heterocycles. The Hall–Kier alpha value is -1.62. The van der Waals surface area contributed by atoms with Crippen LogP contribution in [-0.4, -0.2) is 36.5 Å².